The molecule has 0 bridgehead atoms. The number of benzene rings is 1. The Kier molecular flexibility index (Phi) is 2.54. The second-order valence-corrected chi connectivity index (χ2v) is 3.34. The molecule has 1 atom stereocenters. The van der Waals surface area contributed by atoms with Gasteiger partial charge in [0.25, 0.3) is 0 Å². The Morgan fingerprint density at radius 2 is 2.31 bits per heavy atom. The SMILES string of the molecule is COC(=O)C(N)c1cc2c(O)cccc2o1. The van der Waals surface area contributed by atoms with Gasteiger partial charge in [0, 0.05) is 0 Å². The number of methoxy groups -OCH3 is 1. The number of nitrogens with two attached hydrogens (primary N) is 1. The number of hydrogen-bond donors (Lipinski definition) is 2. The molecule has 1 heterocycles. The second kappa shape index (κ2) is 3.86. The number of rotatable bonds is 2. The van der Waals surface area contributed by atoms with E-state index in [9.17, 15) is 9.90 Å². The zero-order valence-electron chi connectivity index (χ0n) is 8.64. The highest BCUT2D eigenvalue weighted by molar-refractivity contribution is 5.86. The summed E-state index contributed by atoms with van der Waals surface area (Å²) in [6.07, 6.45) is 0. The largest absolute Gasteiger partial charge is 0.507 e. The van der Waals surface area contributed by atoms with E-state index < -0.39 is 12.0 Å². The summed E-state index contributed by atoms with van der Waals surface area (Å²) in [4.78, 5) is 11.2. The minimum Gasteiger partial charge on any atom is -0.507 e. The van der Waals surface area contributed by atoms with Crippen molar-refractivity contribution in [2.45, 2.75) is 6.04 Å². The summed E-state index contributed by atoms with van der Waals surface area (Å²) in [6.45, 7) is 0. The fourth-order valence-corrected chi connectivity index (χ4v) is 1.46. The van der Waals surface area contributed by atoms with Crippen LogP contribution in [0, 0.1) is 0 Å². The maximum absolute atomic E-state index is 11.2. The predicted octanol–water partition coefficient (Wildman–Crippen LogP) is 1.31. The molecule has 16 heavy (non-hydrogen) atoms. The number of phenols is 1. The van der Waals surface area contributed by atoms with Crippen LogP contribution in [-0.2, 0) is 9.53 Å². The molecule has 0 aliphatic carbocycles. The van der Waals surface area contributed by atoms with Crippen LogP contribution >= 0.6 is 0 Å². The van der Waals surface area contributed by atoms with Crippen LogP contribution in [0.15, 0.2) is 28.7 Å². The minimum atomic E-state index is -0.975. The van der Waals surface area contributed by atoms with E-state index in [2.05, 4.69) is 4.74 Å². The molecule has 0 amide bonds. The average Bonchev–Trinajstić information content (AvgIpc) is 2.72. The van der Waals surface area contributed by atoms with Gasteiger partial charge in [-0.2, -0.15) is 0 Å². The van der Waals surface area contributed by atoms with Crippen molar-refractivity contribution in [3.05, 3.63) is 30.0 Å². The monoisotopic (exact) mass is 221 g/mol. The molecule has 84 valence electrons. The summed E-state index contributed by atoms with van der Waals surface area (Å²) in [6, 6.07) is 5.42. The van der Waals surface area contributed by atoms with Gasteiger partial charge in [0.2, 0.25) is 0 Å². The summed E-state index contributed by atoms with van der Waals surface area (Å²) in [5, 5.41) is 10.1. The molecule has 0 radical (unpaired) electrons. The lowest BCUT2D eigenvalue weighted by Crippen LogP contribution is -2.21. The number of aromatic hydroxyl groups is 1. The van der Waals surface area contributed by atoms with Gasteiger partial charge in [-0.15, -0.1) is 0 Å². The van der Waals surface area contributed by atoms with Gasteiger partial charge in [-0.05, 0) is 18.2 Å². The molecule has 3 N–H and O–H groups in total. The Labute approximate surface area is 91.4 Å². The van der Waals surface area contributed by atoms with Crippen molar-refractivity contribution in [1.29, 1.82) is 0 Å². The topological polar surface area (TPSA) is 85.7 Å². The molecule has 5 heteroatoms. The van der Waals surface area contributed by atoms with Crippen LogP contribution in [0.5, 0.6) is 5.75 Å². The van der Waals surface area contributed by atoms with Crippen molar-refractivity contribution in [3.8, 4) is 5.75 Å². The van der Waals surface area contributed by atoms with Gasteiger partial charge in [0.1, 0.15) is 17.1 Å². The van der Waals surface area contributed by atoms with E-state index in [1.807, 2.05) is 0 Å². The summed E-state index contributed by atoms with van der Waals surface area (Å²) < 4.78 is 9.85. The highest BCUT2D eigenvalue weighted by atomic mass is 16.5. The first kappa shape index (κ1) is 10.5. The summed E-state index contributed by atoms with van der Waals surface area (Å²) >= 11 is 0. The van der Waals surface area contributed by atoms with Crippen molar-refractivity contribution in [3.63, 3.8) is 0 Å². The maximum Gasteiger partial charge on any atom is 0.330 e. The van der Waals surface area contributed by atoms with Crippen molar-refractivity contribution in [2.24, 2.45) is 5.73 Å². The number of esters is 1. The molecule has 5 nitrogen and oxygen atoms in total. The Morgan fingerprint density at radius 1 is 1.56 bits per heavy atom. The van der Waals surface area contributed by atoms with Crippen LogP contribution in [0.2, 0.25) is 0 Å². The van der Waals surface area contributed by atoms with Crippen LogP contribution in [0.1, 0.15) is 11.8 Å². The number of carbonyl (C=O) groups excluding carboxylic acids is 1. The Morgan fingerprint density at radius 3 is 2.94 bits per heavy atom. The van der Waals surface area contributed by atoms with E-state index in [0.29, 0.717) is 11.0 Å². The van der Waals surface area contributed by atoms with Gasteiger partial charge in [-0.1, -0.05) is 6.07 Å². The van der Waals surface area contributed by atoms with Crippen molar-refractivity contribution < 1.29 is 19.1 Å². The standard InChI is InChI=1S/C11H11NO4/c1-15-11(14)10(12)9-5-6-7(13)3-2-4-8(6)16-9/h2-5,10,13H,12H2,1H3. The molecule has 0 aliphatic heterocycles. The lowest BCUT2D eigenvalue weighted by atomic mass is 10.2. The minimum absolute atomic E-state index is 0.0876. The summed E-state index contributed by atoms with van der Waals surface area (Å²) in [5.74, 6) is -0.230. The normalized spacial score (nSPS) is 12.6. The Hall–Kier alpha value is -2.01. The Balaban J connectivity index is 2.47. The first-order chi connectivity index (χ1) is 7.63. The third kappa shape index (κ3) is 1.61. The van der Waals surface area contributed by atoms with Crippen LogP contribution in [0.4, 0.5) is 0 Å². The fraction of sp³-hybridized carbons (Fsp3) is 0.182. The van der Waals surface area contributed by atoms with E-state index in [1.165, 1.54) is 19.2 Å². The number of ether oxygens (including phenoxy) is 1. The Bertz CT molecular complexity index is 532. The van der Waals surface area contributed by atoms with Gasteiger partial charge in [0.05, 0.1) is 12.5 Å². The van der Waals surface area contributed by atoms with E-state index in [1.54, 1.807) is 12.1 Å². The van der Waals surface area contributed by atoms with Crippen molar-refractivity contribution in [1.82, 2.24) is 0 Å². The predicted molar refractivity (Wildman–Crippen MR) is 56.8 cm³/mol. The molecular formula is C11H11NO4. The first-order valence-corrected chi connectivity index (χ1v) is 4.68. The molecule has 0 saturated heterocycles. The average molecular weight is 221 g/mol. The molecule has 0 fully saturated rings. The smallest absolute Gasteiger partial charge is 0.330 e. The number of hydrogen-bond acceptors (Lipinski definition) is 5. The molecule has 2 rings (SSSR count). The number of phenolic OH excluding ortho intramolecular Hbond substituents is 1. The third-order valence-corrected chi connectivity index (χ3v) is 2.32. The van der Waals surface area contributed by atoms with Gasteiger partial charge in [-0.3, -0.25) is 0 Å². The van der Waals surface area contributed by atoms with Gasteiger partial charge >= 0.3 is 5.97 Å². The first-order valence-electron chi connectivity index (χ1n) is 4.68. The van der Waals surface area contributed by atoms with Crippen LogP contribution in [0.25, 0.3) is 11.0 Å². The van der Waals surface area contributed by atoms with E-state index in [-0.39, 0.29) is 11.5 Å². The second-order valence-electron chi connectivity index (χ2n) is 3.34. The molecule has 1 aromatic heterocycles. The lowest BCUT2D eigenvalue weighted by Gasteiger charge is -2.04. The zero-order valence-corrected chi connectivity index (χ0v) is 8.64. The molecule has 0 spiro atoms. The van der Waals surface area contributed by atoms with Gasteiger partial charge in [0.15, 0.2) is 6.04 Å². The zero-order chi connectivity index (χ0) is 11.7. The van der Waals surface area contributed by atoms with E-state index in [0.717, 1.165) is 0 Å². The molecule has 1 aromatic carbocycles. The molecule has 0 saturated carbocycles. The third-order valence-electron chi connectivity index (χ3n) is 2.32. The van der Waals surface area contributed by atoms with Crippen LogP contribution < -0.4 is 5.73 Å². The highest BCUT2D eigenvalue weighted by Gasteiger charge is 2.21. The van der Waals surface area contributed by atoms with Gasteiger partial charge in [-0.25, -0.2) is 4.79 Å². The lowest BCUT2D eigenvalue weighted by molar-refractivity contribution is -0.142. The molecule has 1 unspecified atom stereocenters. The summed E-state index contributed by atoms with van der Waals surface area (Å²) in [7, 11) is 1.25. The summed E-state index contributed by atoms with van der Waals surface area (Å²) in [5.41, 5.74) is 6.09. The fourth-order valence-electron chi connectivity index (χ4n) is 1.46. The van der Waals surface area contributed by atoms with Crippen molar-refractivity contribution >= 4 is 16.9 Å². The number of fused-ring (bicyclic) bond motifs is 1. The van der Waals surface area contributed by atoms with Gasteiger partial charge < -0.3 is 20.0 Å². The highest BCUT2D eigenvalue weighted by Crippen LogP contribution is 2.29. The number of carbonyl (C=O) groups is 1. The molecule has 0 aliphatic rings. The van der Waals surface area contributed by atoms with Crippen LogP contribution in [0.3, 0.4) is 0 Å². The van der Waals surface area contributed by atoms with E-state index >= 15 is 0 Å². The van der Waals surface area contributed by atoms with E-state index in [4.69, 9.17) is 10.2 Å². The molecular weight excluding hydrogens is 210 g/mol. The van der Waals surface area contributed by atoms with Crippen molar-refractivity contribution in [2.75, 3.05) is 7.11 Å². The molecule has 2 aromatic rings. The quantitative estimate of drug-likeness (QED) is 0.747. The number of furan rings is 1. The maximum atomic E-state index is 11.2. The van der Waals surface area contributed by atoms with Crippen LogP contribution in [-0.4, -0.2) is 18.2 Å².